The monoisotopic (exact) mass is 192 g/mol. The first kappa shape index (κ1) is 8.99. The smallest absolute Gasteiger partial charge is 0.255 e. The Labute approximate surface area is 82.5 Å². The molecule has 2 rings (SSSR count). The van der Waals surface area contributed by atoms with E-state index in [0.29, 0.717) is 11.1 Å². The molecule has 0 aromatic rings. The predicted molar refractivity (Wildman–Crippen MR) is 50.9 cm³/mol. The van der Waals surface area contributed by atoms with E-state index in [1.54, 1.807) is 37.7 Å². The molecule has 2 amide bonds. The third-order valence-corrected chi connectivity index (χ3v) is 2.86. The average molecular weight is 192 g/mol. The maximum Gasteiger partial charge on any atom is 0.255 e. The van der Waals surface area contributed by atoms with Gasteiger partial charge in [-0.15, -0.1) is 0 Å². The van der Waals surface area contributed by atoms with Crippen molar-refractivity contribution in [3.05, 3.63) is 22.5 Å². The summed E-state index contributed by atoms with van der Waals surface area (Å²) in [6.45, 7) is 3.51. The van der Waals surface area contributed by atoms with Crippen molar-refractivity contribution in [1.82, 2.24) is 9.80 Å². The standard InChI is InChI=1S/C10H12N2O2/c1-5-7-8(12(4)9(5)13)6(2)10(14)11(7)3/h1-4H3. The Balaban J connectivity index is 2.68. The lowest BCUT2D eigenvalue weighted by atomic mass is 10.2. The first-order chi connectivity index (χ1) is 6.46. The van der Waals surface area contributed by atoms with Crippen molar-refractivity contribution in [2.75, 3.05) is 14.1 Å². The van der Waals surface area contributed by atoms with E-state index >= 15 is 0 Å². The van der Waals surface area contributed by atoms with Crippen LogP contribution < -0.4 is 0 Å². The number of amides is 2. The van der Waals surface area contributed by atoms with Crippen molar-refractivity contribution in [2.24, 2.45) is 0 Å². The number of carbonyl (C=O) groups excluding carboxylic acids is 2. The van der Waals surface area contributed by atoms with Crippen LogP contribution in [0.5, 0.6) is 0 Å². The van der Waals surface area contributed by atoms with E-state index in [2.05, 4.69) is 0 Å². The third-order valence-electron chi connectivity index (χ3n) is 2.86. The zero-order chi connectivity index (χ0) is 10.6. The van der Waals surface area contributed by atoms with Gasteiger partial charge in [0, 0.05) is 25.2 Å². The van der Waals surface area contributed by atoms with Crippen LogP contribution in [-0.2, 0) is 9.59 Å². The van der Waals surface area contributed by atoms with Gasteiger partial charge >= 0.3 is 0 Å². The van der Waals surface area contributed by atoms with Gasteiger partial charge in [0.15, 0.2) is 0 Å². The van der Waals surface area contributed by atoms with E-state index in [4.69, 9.17) is 0 Å². The van der Waals surface area contributed by atoms with Gasteiger partial charge in [-0.05, 0) is 13.8 Å². The van der Waals surface area contributed by atoms with E-state index in [9.17, 15) is 9.59 Å². The molecule has 2 heterocycles. The van der Waals surface area contributed by atoms with E-state index in [-0.39, 0.29) is 11.8 Å². The van der Waals surface area contributed by atoms with Gasteiger partial charge < -0.3 is 9.80 Å². The summed E-state index contributed by atoms with van der Waals surface area (Å²) in [5.41, 5.74) is 2.82. The molecule has 74 valence electrons. The number of fused-ring (bicyclic) bond motifs is 1. The second kappa shape index (κ2) is 2.47. The quantitative estimate of drug-likeness (QED) is 0.560. The van der Waals surface area contributed by atoms with Crippen LogP contribution in [0, 0.1) is 0 Å². The minimum absolute atomic E-state index is 0.0197. The fourth-order valence-electron chi connectivity index (χ4n) is 2.08. The SMILES string of the molecule is CC1=C2C(=C(C)C(=O)N2C)N(C)C1=O. The molecule has 0 atom stereocenters. The molecule has 2 aliphatic heterocycles. The largest absolute Gasteiger partial charge is 0.309 e. The highest BCUT2D eigenvalue weighted by Crippen LogP contribution is 2.37. The number of carbonyl (C=O) groups is 2. The maximum absolute atomic E-state index is 11.6. The number of nitrogens with zero attached hydrogens (tertiary/aromatic N) is 2. The highest BCUT2D eigenvalue weighted by molar-refractivity contribution is 6.08. The molecule has 0 N–H and O–H groups in total. The molecule has 0 radical (unpaired) electrons. The van der Waals surface area contributed by atoms with Gasteiger partial charge in [-0.1, -0.05) is 0 Å². The summed E-state index contributed by atoms with van der Waals surface area (Å²) in [5.74, 6) is -0.0394. The molecule has 14 heavy (non-hydrogen) atoms. The molecule has 0 aromatic carbocycles. The summed E-state index contributed by atoms with van der Waals surface area (Å²) >= 11 is 0. The van der Waals surface area contributed by atoms with Gasteiger partial charge in [-0.3, -0.25) is 9.59 Å². The molecule has 0 spiro atoms. The van der Waals surface area contributed by atoms with Crippen LogP contribution >= 0.6 is 0 Å². The first-order valence-corrected chi connectivity index (χ1v) is 4.45. The van der Waals surface area contributed by atoms with Gasteiger partial charge in [-0.25, -0.2) is 0 Å². The molecule has 0 fully saturated rings. The van der Waals surface area contributed by atoms with E-state index in [1.807, 2.05) is 0 Å². The number of hydrogen-bond acceptors (Lipinski definition) is 2. The summed E-state index contributed by atoms with van der Waals surface area (Å²) in [6.07, 6.45) is 0. The van der Waals surface area contributed by atoms with Crippen LogP contribution in [0.25, 0.3) is 0 Å². The zero-order valence-electron chi connectivity index (χ0n) is 8.71. The van der Waals surface area contributed by atoms with Crippen molar-refractivity contribution in [3.8, 4) is 0 Å². The van der Waals surface area contributed by atoms with E-state index in [1.165, 1.54) is 0 Å². The Morgan fingerprint density at radius 2 is 1.07 bits per heavy atom. The van der Waals surface area contributed by atoms with Gasteiger partial charge in [0.05, 0.1) is 11.4 Å². The molecule has 0 unspecified atom stereocenters. The normalized spacial score (nSPS) is 21.7. The molecular formula is C10H12N2O2. The van der Waals surface area contributed by atoms with Crippen LogP contribution in [0.3, 0.4) is 0 Å². The molecule has 2 aliphatic rings. The minimum Gasteiger partial charge on any atom is -0.309 e. The average Bonchev–Trinajstić information content (AvgIpc) is 2.51. The van der Waals surface area contributed by atoms with Crippen molar-refractivity contribution >= 4 is 11.8 Å². The topological polar surface area (TPSA) is 40.6 Å². The lowest BCUT2D eigenvalue weighted by Gasteiger charge is -2.11. The fraction of sp³-hybridized carbons (Fsp3) is 0.400. The summed E-state index contributed by atoms with van der Waals surface area (Å²) in [5, 5.41) is 0. The minimum atomic E-state index is -0.0197. The molecule has 4 heteroatoms. The number of likely N-dealkylation sites (N-methyl/N-ethyl adjacent to an activating group) is 2. The van der Waals surface area contributed by atoms with Gasteiger partial charge in [0.2, 0.25) is 0 Å². The Bertz CT molecular complexity index is 378. The molecule has 0 bridgehead atoms. The highest BCUT2D eigenvalue weighted by Gasteiger charge is 2.41. The second-order valence-electron chi connectivity index (χ2n) is 3.68. The van der Waals surface area contributed by atoms with Gasteiger partial charge in [-0.2, -0.15) is 0 Å². The summed E-state index contributed by atoms with van der Waals surface area (Å²) < 4.78 is 0. The van der Waals surface area contributed by atoms with Crippen molar-refractivity contribution < 1.29 is 9.59 Å². The Morgan fingerprint density at radius 1 is 0.786 bits per heavy atom. The molecule has 4 nitrogen and oxygen atoms in total. The lowest BCUT2D eigenvalue weighted by Crippen LogP contribution is -2.22. The second-order valence-corrected chi connectivity index (χ2v) is 3.68. The molecular weight excluding hydrogens is 180 g/mol. The van der Waals surface area contributed by atoms with Crippen LogP contribution in [0.1, 0.15) is 13.8 Å². The van der Waals surface area contributed by atoms with Gasteiger partial charge in [0.1, 0.15) is 0 Å². The van der Waals surface area contributed by atoms with Crippen molar-refractivity contribution in [3.63, 3.8) is 0 Å². The molecule has 0 aliphatic carbocycles. The Hall–Kier alpha value is -1.58. The highest BCUT2D eigenvalue weighted by atomic mass is 16.2. The first-order valence-electron chi connectivity index (χ1n) is 4.45. The van der Waals surface area contributed by atoms with Crippen LogP contribution in [0.4, 0.5) is 0 Å². The van der Waals surface area contributed by atoms with Crippen molar-refractivity contribution in [1.29, 1.82) is 0 Å². The Kier molecular flexibility index (Phi) is 1.58. The summed E-state index contributed by atoms with van der Waals surface area (Å²) in [6, 6.07) is 0. The van der Waals surface area contributed by atoms with Crippen LogP contribution in [0.2, 0.25) is 0 Å². The summed E-state index contributed by atoms with van der Waals surface area (Å²) in [7, 11) is 3.40. The van der Waals surface area contributed by atoms with Crippen LogP contribution in [-0.4, -0.2) is 35.7 Å². The fourth-order valence-corrected chi connectivity index (χ4v) is 2.08. The third kappa shape index (κ3) is 0.780. The molecule has 0 saturated heterocycles. The molecule has 0 aromatic heterocycles. The molecule has 0 saturated carbocycles. The van der Waals surface area contributed by atoms with E-state index < -0.39 is 0 Å². The number of hydrogen-bond donors (Lipinski definition) is 0. The Morgan fingerprint density at radius 3 is 1.36 bits per heavy atom. The van der Waals surface area contributed by atoms with Crippen LogP contribution in [0.15, 0.2) is 22.5 Å². The van der Waals surface area contributed by atoms with E-state index in [0.717, 1.165) is 11.4 Å². The van der Waals surface area contributed by atoms with Crippen molar-refractivity contribution in [2.45, 2.75) is 13.8 Å². The lowest BCUT2D eigenvalue weighted by molar-refractivity contribution is -0.123. The summed E-state index contributed by atoms with van der Waals surface area (Å²) in [4.78, 5) is 26.3. The zero-order valence-corrected chi connectivity index (χ0v) is 8.71. The maximum atomic E-state index is 11.6. The van der Waals surface area contributed by atoms with Gasteiger partial charge in [0.25, 0.3) is 11.8 Å². The predicted octanol–water partition coefficient (Wildman–Crippen LogP) is 0.478. The number of rotatable bonds is 0.